The lowest BCUT2D eigenvalue weighted by Gasteiger charge is -2.36. The van der Waals surface area contributed by atoms with Crippen molar-refractivity contribution in [2.75, 3.05) is 32.0 Å². The normalized spacial score (nSPS) is 20.5. The van der Waals surface area contributed by atoms with Crippen molar-refractivity contribution in [3.8, 4) is 17.2 Å². The molecule has 2 heterocycles. The van der Waals surface area contributed by atoms with E-state index in [0.29, 0.717) is 47.8 Å². The quantitative estimate of drug-likeness (QED) is 0.380. The van der Waals surface area contributed by atoms with Crippen molar-refractivity contribution in [2.45, 2.75) is 38.5 Å². The zero-order valence-electron chi connectivity index (χ0n) is 21.3. The maximum Gasteiger partial charge on any atom is 0.336 e. The smallest absolute Gasteiger partial charge is 0.336 e. The summed E-state index contributed by atoms with van der Waals surface area (Å²) in [5.74, 6) is 2.86. The van der Waals surface area contributed by atoms with E-state index in [4.69, 9.17) is 18.9 Å². The molecule has 1 aliphatic carbocycles. The number of fused-ring (bicyclic) bond motifs is 1. The Labute approximate surface area is 221 Å². The summed E-state index contributed by atoms with van der Waals surface area (Å²) in [5, 5.41) is 3.41. The highest BCUT2D eigenvalue weighted by Crippen LogP contribution is 2.47. The Morgan fingerprint density at radius 1 is 1.08 bits per heavy atom. The Morgan fingerprint density at radius 2 is 1.84 bits per heavy atom. The van der Waals surface area contributed by atoms with Crippen LogP contribution in [0.25, 0.3) is 0 Å². The SMILES string of the molecule is CCSCCOC(=O)C1=C(C)NC2=C(C(=O)CC(c3ccc(OC)cc3)C2)C1c1ccc2c(c1)OCO2. The molecule has 2 aliphatic heterocycles. The second-order valence-electron chi connectivity index (χ2n) is 9.24. The van der Waals surface area contributed by atoms with E-state index in [0.717, 1.165) is 34.1 Å². The van der Waals surface area contributed by atoms with Gasteiger partial charge in [0, 0.05) is 35.1 Å². The van der Waals surface area contributed by atoms with Gasteiger partial charge >= 0.3 is 5.97 Å². The zero-order chi connectivity index (χ0) is 25.9. The van der Waals surface area contributed by atoms with Gasteiger partial charge in [0.2, 0.25) is 6.79 Å². The fourth-order valence-corrected chi connectivity index (χ4v) is 5.75. The molecule has 2 unspecified atom stereocenters. The number of ether oxygens (including phenoxy) is 4. The van der Waals surface area contributed by atoms with Gasteiger partial charge in [0.05, 0.1) is 12.7 Å². The van der Waals surface area contributed by atoms with Crippen molar-refractivity contribution in [1.29, 1.82) is 0 Å². The standard InChI is InChI=1S/C29H31NO6S/c1-4-37-12-11-34-29(32)26-17(2)30-22-13-20(18-5-8-21(33-3)9-6-18)14-23(31)28(22)27(26)19-7-10-24-25(15-19)36-16-35-24/h5-10,15,20,27,30H,4,11-14,16H2,1-3H3. The number of carbonyl (C=O) groups is 2. The van der Waals surface area contributed by atoms with Crippen LogP contribution >= 0.6 is 11.8 Å². The lowest BCUT2D eigenvalue weighted by molar-refractivity contribution is -0.138. The monoisotopic (exact) mass is 521 g/mol. The molecule has 37 heavy (non-hydrogen) atoms. The lowest BCUT2D eigenvalue weighted by Crippen LogP contribution is -2.36. The van der Waals surface area contributed by atoms with Crippen molar-refractivity contribution in [2.24, 2.45) is 0 Å². The molecule has 7 nitrogen and oxygen atoms in total. The maximum absolute atomic E-state index is 13.8. The molecule has 1 N–H and O–H groups in total. The van der Waals surface area contributed by atoms with Crippen molar-refractivity contribution in [3.63, 3.8) is 0 Å². The van der Waals surface area contributed by atoms with Crippen LogP contribution < -0.4 is 19.5 Å². The molecule has 194 valence electrons. The van der Waals surface area contributed by atoms with Gasteiger partial charge in [-0.2, -0.15) is 11.8 Å². The van der Waals surface area contributed by atoms with Crippen LogP contribution in [-0.4, -0.2) is 43.8 Å². The number of methoxy groups -OCH3 is 1. The minimum atomic E-state index is -0.540. The van der Waals surface area contributed by atoms with Crippen molar-refractivity contribution in [1.82, 2.24) is 5.32 Å². The molecule has 3 aliphatic rings. The largest absolute Gasteiger partial charge is 0.497 e. The number of esters is 1. The molecule has 0 bridgehead atoms. The summed E-state index contributed by atoms with van der Waals surface area (Å²) in [6.45, 7) is 4.42. The molecule has 0 amide bonds. The maximum atomic E-state index is 13.8. The van der Waals surface area contributed by atoms with Crippen LogP contribution in [0.2, 0.25) is 0 Å². The average Bonchev–Trinajstić information content (AvgIpc) is 3.38. The number of dihydropyridines is 1. The van der Waals surface area contributed by atoms with E-state index in [1.807, 2.05) is 49.4 Å². The first-order valence-electron chi connectivity index (χ1n) is 12.5. The summed E-state index contributed by atoms with van der Waals surface area (Å²) < 4.78 is 22.1. The molecule has 2 aromatic rings. The van der Waals surface area contributed by atoms with Crippen LogP contribution in [0.4, 0.5) is 0 Å². The van der Waals surface area contributed by atoms with E-state index < -0.39 is 11.9 Å². The van der Waals surface area contributed by atoms with E-state index in [2.05, 4.69) is 12.2 Å². The number of hydrogen-bond donors (Lipinski definition) is 1. The topological polar surface area (TPSA) is 83.1 Å². The van der Waals surface area contributed by atoms with Gasteiger partial charge in [-0.15, -0.1) is 0 Å². The molecule has 0 fully saturated rings. The molecular weight excluding hydrogens is 490 g/mol. The number of allylic oxidation sites excluding steroid dienone is 3. The van der Waals surface area contributed by atoms with E-state index >= 15 is 0 Å². The van der Waals surface area contributed by atoms with E-state index in [1.165, 1.54) is 0 Å². The van der Waals surface area contributed by atoms with E-state index in [1.54, 1.807) is 18.9 Å². The third-order valence-electron chi connectivity index (χ3n) is 7.03. The Morgan fingerprint density at radius 3 is 2.59 bits per heavy atom. The number of nitrogens with one attached hydrogen (secondary N) is 1. The van der Waals surface area contributed by atoms with Gasteiger partial charge in [-0.05, 0) is 60.4 Å². The van der Waals surface area contributed by atoms with Crippen LogP contribution in [0.1, 0.15) is 49.7 Å². The summed E-state index contributed by atoms with van der Waals surface area (Å²) in [5.41, 5.74) is 4.55. The summed E-state index contributed by atoms with van der Waals surface area (Å²) in [6.07, 6.45) is 1.03. The Balaban J connectivity index is 1.51. The number of ketones is 1. The third-order valence-corrected chi connectivity index (χ3v) is 7.89. The lowest BCUT2D eigenvalue weighted by atomic mass is 9.71. The first kappa shape index (κ1) is 25.3. The van der Waals surface area contributed by atoms with Gasteiger partial charge in [0.25, 0.3) is 0 Å². The second-order valence-corrected chi connectivity index (χ2v) is 10.6. The van der Waals surface area contributed by atoms with Crippen LogP contribution in [0, 0.1) is 0 Å². The third kappa shape index (κ3) is 5.07. The Hall–Kier alpha value is -3.39. The van der Waals surface area contributed by atoms with Gasteiger partial charge < -0.3 is 24.3 Å². The minimum Gasteiger partial charge on any atom is -0.497 e. The number of thioether (sulfide) groups is 1. The summed E-state index contributed by atoms with van der Waals surface area (Å²) in [7, 11) is 1.64. The molecule has 8 heteroatoms. The summed E-state index contributed by atoms with van der Waals surface area (Å²) >= 11 is 1.72. The van der Waals surface area contributed by atoms with Crippen LogP contribution in [0.15, 0.2) is 65.0 Å². The first-order valence-corrected chi connectivity index (χ1v) is 13.7. The molecule has 0 aromatic heterocycles. The molecule has 0 saturated carbocycles. The molecule has 5 rings (SSSR count). The van der Waals surface area contributed by atoms with Gasteiger partial charge in [0.1, 0.15) is 12.4 Å². The molecule has 0 spiro atoms. The van der Waals surface area contributed by atoms with Crippen molar-refractivity contribution >= 4 is 23.5 Å². The van der Waals surface area contributed by atoms with Crippen molar-refractivity contribution in [3.05, 3.63) is 76.1 Å². The number of carbonyl (C=O) groups excluding carboxylic acids is 2. The molecule has 0 radical (unpaired) electrons. The molecule has 0 saturated heterocycles. The average molecular weight is 522 g/mol. The predicted molar refractivity (Wildman–Crippen MR) is 142 cm³/mol. The zero-order valence-corrected chi connectivity index (χ0v) is 22.1. The van der Waals surface area contributed by atoms with Gasteiger partial charge in [0.15, 0.2) is 17.3 Å². The molecule has 2 aromatic carbocycles. The van der Waals surface area contributed by atoms with Gasteiger partial charge in [-0.1, -0.05) is 25.1 Å². The summed E-state index contributed by atoms with van der Waals surface area (Å²) in [6, 6.07) is 13.5. The Bertz CT molecular complexity index is 1270. The second kappa shape index (κ2) is 10.9. The first-order chi connectivity index (χ1) is 18.0. The van der Waals surface area contributed by atoms with E-state index in [9.17, 15) is 9.59 Å². The van der Waals surface area contributed by atoms with Gasteiger partial charge in [-0.3, -0.25) is 4.79 Å². The van der Waals surface area contributed by atoms with Crippen LogP contribution in [0.3, 0.4) is 0 Å². The number of rotatable bonds is 8. The highest BCUT2D eigenvalue weighted by molar-refractivity contribution is 7.99. The highest BCUT2D eigenvalue weighted by Gasteiger charge is 2.41. The minimum absolute atomic E-state index is 0.0246. The van der Waals surface area contributed by atoms with E-state index in [-0.39, 0.29) is 18.5 Å². The number of hydrogen-bond acceptors (Lipinski definition) is 8. The number of benzene rings is 2. The predicted octanol–water partition coefficient (Wildman–Crippen LogP) is 5.08. The summed E-state index contributed by atoms with van der Waals surface area (Å²) in [4.78, 5) is 27.2. The molecule has 2 atom stereocenters. The van der Waals surface area contributed by atoms with Crippen LogP contribution in [0.5, 0.6) is 17.2 Å². The van der Waals surface area contributed by atoms with Crippen LogP contribution in [-0.2, 0) is 14.3 Å². The van der Waals surface area contributed by atoms with Gasteiger partial charge in [-0.25, -0.2) is 4.79 Å². The fourth-order valence-electron chi connectivity index (χ4n) is 5.26. The van der Waals surface area contributed by atoms with Crippen molar-refractivity contribution < 1.29 is 28.5 Å². The highest BCUT2D eigenvalue weighted by atomic mass is 32.2. The number of Topliss-reactive ketones (excluding diaryl/α,β-unsaturated/α-hetero) is 1. The molecular formula is C29H31NO6S. The Kier molecular flexibility index (Phi) is 7.46. The fraction of sp³-hybridized carbons (Fsp3) is 0.379.